The number of hydrogen-bond acceptors (Lipinski definition) is 5. The number of alkyl halides is 3. The summed E-state index contributed by atoms with van der Waals surface area (Å²) in [6.45, 7) is 4.72. The van der Waals surface area contributed by atoms with E-state index in [0.29, 0.717) is 31.1 Å². The van der Waals surface area contributed by atoms with E-state index in [1.165, 1.54) is 18.6 Å². The zero-order valence-electron chi connectivity index (χ0n) is 24.4. The van der Waals surface area contributed by atoms with Crippen molar-refractivity contribution >= 4 is 17.6 Å². The lowest BCUT2D eigenvalue weighted by Gasteiger charge is -2.38. The quantitative estimate of drug-likeness (QED) is 0.377. The van der Waals surface area contributed by atoms with Gasteiger partial charge in [-0.15, -0.1) is 0 Å². The number of carbonyl (C=O) groups excluding carboxylic acids is 2. The number of urea groups is 1. The maximum atomic E-state index is 13.7. The van der Waals surface area contributed by atoms with E-state index in [1.54, 1.807) is 30.0 Å². The van der Waals surface area contributed by atoms with E-state index >= 15 is 0 Å². The Labute approximate surface area is 245 Å². The van der Waals surface area contributed by atoms with Crippen LogP contribution in [0, 0.1) is 5.92 Å². The third-order valence-corrected chi connectivity index (χ3v) is 8.09. The Morgan fingerprint density at radius 3 is 2.48 bits per heavy atom. The number of rotatable bonds is 8. The van der Waals surface area contributed by atoms with Gasteiger partial charge in [-0.1, -0.05) is 38.3 Å². The first-order chi connectivity index (χ1) is 19.9. The summed E-state index contributed by atoms with van der Waals surface area (Å²) in [4.78, 5) is 29.9. The molecule has 1 heterocycles. The van der Waals surface area contributed by atoms with Gasteiger partial charge in [-0.2, -0.15) is 13.2 Å². The van der Waals surface area contributed by atoms with Crippen molar-refractivity contribution in [1.82, 2.24) is 15.1 Å². The van der Waals surface area contributed by atoms with Gasteiger partial charge in [0.25, 0.3) is 5.91 Å². The fourth-order valence-corrected chi connectivity index (χ4v) is 5.60. The normalized spacial score (nSPS) is 20.8. The molecule has 0 spiro atoms. The lowest BCUT2D eigenvalue weighted by atomic mass is 9.96. The highest BCUT2D eigenvalue weighted by Gasteiger charge is 2.34. The van der Waals surface area contributed by atoms with Crippen LogP contribution in [0.1, 0.15) is 67.4 Å². The Kier molecular flexibility index (Phi) is 10.4. The van der Waals surface area contributed by atoms with E-state index in [9.17, 15) is 27.9 Å². The van der Waals surface area contributed by atoms with Gasteiger partial charge in [0, 0.05) is 37.3 Å². The molecule has 2 aliphatic rings. The van der Waals surface area contributed by atoms with Gasteiger partial charge in [-0.05, 0) is 62.7 Å². The molecule has 1 saturated carbocycles. The van der Waals surface area contributed by atoms with Crippen LogP contribution in [-0.2, 0) is 12.7 Å². The Hall–Kier alpha value is -3.31. The zero-order valence-corrected chi connectivity index (χ0v) is 24.4. The van der Waals surface area contributed by atoms with Crippen molar-refractivity contribution in [3.05, 3.63) is 59.2 Å². The number of benzene rings is 2. The minimum absolute atomic E-state index is 0.120. The van der Waals surface area contributed by atoms with E-state index in [4.69, 9.17) is 4.74 Å². The van der Waals surface area contributed by atoms with Gasteiger partial charge in [0.15, 0.2) is 0 Å². The Balaban J connectivity index is 1.51. The van der Waals surface area contributed by atoms with Crippen LogP contribution in [0.25, 0.3) is 0 Å². The first-order valence-corrected chi connectivity index (χ1v) is 14.6. The van der Waals surface area contributed by atoms with Gasteiger partial charge in [-0.3, -0.25) is 9.69 Å². The number of amides is 3. The SMILES string of the molecule is C[C@H](CO)N1C[C@H](C)[C@@H](CN(C)Cc2ccc(C(F)(F)F)cc2)Oc2ccc(NC(=O)NC3CCCCC3)cc2C1=O. The van der Waals surface area contributed by atoms with Gasteiger partial charge >= 0.3 is 12.2 Å². The monoisotopic (exact) mass is 590 g/mol. The molecule has 8 nitrogen and oxygen atoms in total. The summed E-state index contributed by atoms with van der Waals surface area (Å²) in [5, 5.41) is 15.8. The van der Waals surface area contributed by atoms with E-state index in [-0.39, 0.29) is 42.2 Å². The molecule has 1 fully saturated rings. The summed E-state index contributed by atoms with van der Waals surface area (Å²) in [7, 11) is 1.87. The second-order valence-corrected chi connectivity index (χ2v) is 11.7. The molecule has 11 heteroatoms. The number of nitrogens with zero attached hydrogens (tertiary/aromatic N) is 2. The van der Waals surface area contributed by atoms with Gasteiger partial charge in [0.2, 0.25) is 0 Å². The third-order valence-electron chi connectivity index (χ3n) is 8.09. The van der Waals surface area contributed by atoms with Crippen molar-refractivity contribution in [2.75, 3.05) is 32.1 Å². The Morgan fingerprint density at radius 1 is 1.14 bits per heavy atom. The van der Waals surface area contributed by atoms with Crippen molar-refractivity contribution in [3.63, 3.8) is 0 Å². The Bertz CT molecular complexity index is 1220. The summed E-state index contributed by atoms with van der Waals surface area (Å²) >= 11 is 0. The maximum Gasteiger partial charge on any atom is 0.416 e. The molecule has 2 aromatic carbocycles. The van der Waals surface area contributed by atoms with Crippen LogP contribution in [0.2, 0.25) is 0 Å². The number of likely N-dealkylation sites (N-methyl/N-ethyl adjacent to an activating group) is 1. The number of hydrogen-bond donors (Lipinski definition) is 3. The van der Waals surface area contributed by atoms with Crippen LogP contribution in [0.3, 0.4) is 0 Å². The van der Waals surface area contributed by atoms with Crippen LogP contribution in [0.5, 0.6) is 5.75 Å². The molecule has 1 aliphatic heterocycles. The van der Waals surface area contributed by atoms with Crippen LogP contribution in [0.4, 0.5) is 23.7 Å². The first-order valence-electron chi connectivity index (χ1n) is 14.6. The number of aliphatic hydroxyl groups is 1. The lowest BCUT2D eigenvalue weighted by Crippen LogP contribution is -2.49. The highest BCUT2D eigenvalue weighted by molar-refractivity contribution is 5.99. The highest BCUT2D eigenvalue weighted by Crippen LogP contribution is 2.32. The van der Waals surface area contributed by atoms with Crippen molar-refractivity contribution in [3.8, 4) is 5.75 Å². The smallest absolute Gasteiger partial charge is 0.416 e. The molecule has 230 valence electrons. The summed E-state index contributed by atoms with van der Waals surface area (Å²) in [5.41, 5.74) is 0.788. The standard InChI is InChI=1S/C31H41F3N4O4/c1-20-16-38(21(2)19-39)29(40)26-15-25(36-30(41)35-24-7-5-4-6-8-24)13-14-27(26)42-28(20)18-37(3)17-22-9-11-23(12-10-22)31(32,33)34/h9-15,20-21,24,28,39H,4-8,16-19H2,1-3H3,(H2,35,36,41)/t20-,21+,28+/m0/s1. The molecule has 0 bridgehead atoms. The van der Waals surface area contributed by atoms with Gasteiger partial charge in [0.1, 0.15) is 11.9 Å². The largest absolute Gasteiger partial charge is 0.488 e. The first kappa shape index (κ1) is 31.6. The van der Waals surface area contributed by atoms with Crippen molar-refractivity contribution in [1.29, 1.82) is 0 Å². The zero-order chi connectivity index (χ0) is 30.4. The summed E-state index contributed by atoms with van der Waals surface area (Å²) in [5.74, 6) is -0.0515. The molecule has 3 atom stereocenters. The molecule has 0 radical (unpaired) electrons. The van der Waals surface area contributed by atoms with Gasteiger partial charge < -0.3 is 25.4 Å². The van der Waals surface area contributed by atoms with Crippen LogP contribution in [0.15, 0.2) is 42.5 Å². The average molecular weight is 591 g/mol. The minimum Gasteiger partial charge on any atom is -0.488 e. The van der Waals surface area contributed by atoms with Gasteiger partial charge in [-0.25, -0.2) is 4.79 Å². The Morgan fingerprint density at radius 2 is 1.83 bits per heavy atom. The van der Waals surface area contributed by atoms with E-state index in [0.717, 1.165) is 43.4 Å². The molecular weight excluding hydrogens is 549 g/mol. The van der Waals surface area contributed by atoms with Crippen LogP contribution < -0.4 is 15.4 Å². The maximum absolute atomic E-state index is 13.7. The van der Waals surface area contributed by atoms with E-state index in [1.807, 2.05) is 18.9 Å². The number of aliphatic hydroxyl groups excluding tert-OH is 1. The lowest BCUT2D eigenvalue weighted by molar-refractivity contribution is -0.137. The van der Waals surface area contributed by atoms with Crippen molar-refractivity contribution in [2.24, 2.45) is 5.92 Å². The molecule has 3 amide bonds. The minimum atomic E-state index is -4.39. The summed E-state index contributed by atoms with van der Waals surface area (Å²) < 4.78 is 45.3. The fourth-order valence-electron chi connectivity index (χ4n) is 5.60. The van der Waals surface area contributed by atoms with E-state index < -0.39 is 17.8 Å². The number of nitrogens with one attached hydrogen (secondary N) is 2. The van der Waals surface area contributed by atoms with Crippen molar-refractivity contribution in [2.45, 2.75) is 76.9 Å². The number of ether oxygens (including phenoxy) is 1. The van der Waals surface area contributed by atoms with Crippen LogP contribution >= 0.6 is 0 Å². The molecule has 1 aliphatic carbocycles. The molecule has 0 aromatic heterocycles. The molecule has 0 saturated heterocycles. The second-order valence-electron chi connectivity index (χ2n) is 11.7. The summed E-state index contributed by atoms with van der Waals surface area (Å²) in [6, 6.07) is 9.45. The number of halogens is 3. The molecule has 3 N–H and O–H groups in total. The molecule has 42 heavy (non-hydrogen) atoms. The number of fused-ring (bicyclic) bond motifs is 1. The van der Waals surface area contributed by atoms with Crippen LogP contribution in [-0.4, -0.2) is 71.8 Å². The third kappa shape index (κ3) is 8.16. The predicted octanol–water partition coefficient (Wildman–Crippen LogP) is 5.51. The molecular formula is C31H41F3N4O4. The molecule has 4 rings (SSSR count). The molecule has 2 aromatic rings. The number of carbonyl (C=O) groups is 2. The average Bonchev–Trinajstić information content (AvgIpc) is 2.95. The van der Waals surface area contributed by atoms with E-state index in [2.05, 4.69) is 10.6 Å². The van der Waals surface area contributed by atoms with Gasteiger partial charge in [0.05, 0.1) is 23.8 Å². The second kappa shape index (κ2) is 13.8. The topological polar surface area (TPSA) is 94.1 Å². The van der Waals surface area contributed by atoms with Crippen molar-refractivity contribution < 1.29 is 32.6 Å². The predicted molar refractivity (Wildman–Crippen MR) is 154 cm³/mol. The highest BCUT2D eigenvalue weighted by atomic mass is 19.4. The number of anilines is 1. The molecule has 0 unspecified atom stereocenters. The summed E-state index contributed by atoms with van der Waals surface area (Å²) in [6.07, 6.45) is 0.513. The fraction of sp³-hybridized carbons (Fsp3) is 0.548.